The Morgan fingerprint density at radius 3 is 2.64 bits per heavy atom. The van der Waals surface area contributed by atoms with E-state index >= 15 is 0 Å². The number of aromatic nitrogens is 1. The molecule has 1 rings (SSSR count). The van der Waals surface area contributed by atoms with Gasteiger partial charge in [-0.05, 0) is 40.3 Å². The highest BCUT2D eigenvalue weighted by atomic mass is 127. The summed E-state index contributed by atoms with van der Waals surface area (Å²) in [5.74, 6) is 0. The molecule has 0 aromatic carbocycles. The van der Waals surface area contributed by atoms with Crippen LogP contribution in [-0.2, 0) is 0 Å². The lowest BCUT2D eigenvalue weighted by Gasteiger charge is -1.98. The fourth-order valence-electron chi connectivity index (χ4n) is 0.590. The third-order valence-corrected chi connectivity index (χ3v) is 2.42. The second-order valence-corrected chi connectivity index (χ2v) is 3.60. The molecule has 0 radical (unpaired) electrons. The number of pyridine rings is 1. The van der Waals surface area contributed by atoms with Crippen molar-refractivity contribution in [3.8, 4) is 0 Å². The first kappa shape index (κ1) is 9.22. The minimum Gasteiger partial charge on any atom is -0.275 e. The van der Waals surface area contributed by atoms with E-state index in [1.54, 1.807) is 6.07 Å². The number of carbonyl (C=O) groups excluding carboxylic acids is 1. The molecule has 1 aromatic heterocycles. The Morgan fingerprint density at radius 2 is 2.27 bits per heavy atom. The maximum absolute atomic E-state index is 10.7. The van der Waals surface area contributed by atoms with Gasteiger partial charge in [-0.2, -0.15) is 0 Å². The van der Waals surface area contributed by atoms with Crippen LogP contribution >= 0.6 is 45.8 Å². The lowest BCUT2D eigenvalue weighted by Crippen LogP contribution is -1.95. The SMILES string of the molecule is O=C(Cl)c1c(I)ccnc1Cl. The summed E-state index contributed by atoms with van der Waals surface area (Å²) in [5, 5.41) is -0.426. The van der Waals surface area contributed by atoms with Gasteiger partial charge < -0.3 is 0 Å². The average Bonchev–Trinajstić information content (AvgIpc) is 1.85. The minimum atomic E-state index is -0.576. The minimum absolute atomic E-state index is 0.150. The van der Waals surface area contributed by atoms with Gasteiger partial charge in [-0.1, -0.05) is 11.6 Å². The molecule has 5 heteroatoms. The van der Waals surface area contributed by atoms with Crippen LogP contribution < -0.4 is 0 Å². The molecule has 0 aliphatic heterocycles. The monoisotopic (exact) mass is 301 g/mol. The van der Waals surface area contributed by atoms with Gasteiger partial charge in [0.05, 0.1) is 5.56 Å². The van der Waals surface area contributed by atoms with Crippen LogP contribution in [0.2, 0.25) is 5.15 Å². The smallest absolute Gasteiger partial charge is 0.256 e. The normalized spacial score (nSPS) is 9.73. The summed E-state index contributed by atoms with van der Waals surface area (Å²) in [6, 6.07) is 1.67. The number of rotatable bonds is 1. The second-order valence-electron chi connectivity index (χ2n) is 1.73. The summed E-state index contributed by atoms with van der Waals surface area (Å²) in [6.45, 7) is 0. The molecule has 0 unspecified atom stereocenters. The van der Waals surface area contributed by atoms with E-state index in [4.69, 9.17) is 23.2 Å². The predicted octanol–water partition coefficient (Wildman–Crippen LogP) is 2.72. The molecule has 11 heavy (non-hydrogen) atoms. The van der Waals surface area contributed by atoms with E-state index in [0.29, 0.717) is 3.57 Å². The quantitative estimate of drug-likeness (QED) is 0.453. The first-order chi connectivity index (χ1) is 5.13. The molecule has 0 fully saturated rings. The van der Waals surface area contributed by atoms with E-state index in [-0.39, 0.29) is 10.7 Å². The summed E-state index contributed by atoms with van der Waals surface area (Å²) in [4.78, 5) is 14.4. The number of hydrogen-bond acceptors (Lipinski definition) is 2. The van der Waals surface area contributed by atoms with Crippen molar-refractivity contribution in [2.75, 3.05) is 0 Å². The van der Waals surface area contributed by atoms with Gasteiger partial charge in [0.1, 0.15) is 5.15 Å². The first-order valence-corrected chi connectivity index (χ1v) is 4.46. The van der Waals surface area contributed by atoms with Crippen molar-refractivity contribution >= 4 is 51.0 Å². The van der Waals surface area contributed by atoms with Crippen molar-refractivity contribution in [3.63, 3.8) is 0 Å². The van der Waals surface area contributed by atoms with E-state index in [9.17, 15) is 4.79 Å². The van der Waals surface area contributed by atoms with Gasteiger partial charge in [-0.3, -0.25) is 4.79 Å². The molecule has 0 saturated carbocycles. The fourth-order valence-corrected chi connectivity index (χ4v) is 2.05. The zero-order valence-corrected chi connectivity index (χ0v) is 8.81. The fraction of sp³-hybridized carbons (Fsp3) is 0. The molecule has 0 aliphatic rings. The molecular weight excluding hydrogens is 300 g/mol. The predicted molar refractivity (Wildman–Crippen MR) is 52.1 cm³/mol. The summed E-state index contributed by atoms with van der Waals surface area (Å²) < 4.78 is 0.711. The topological polar surface area (TPSA) is 30.0 Å². The van der Waals surface area contributed by atoms with Gasteiger partial charge in [0.2, 0.25) is 0 Å². The lowest BCUT2D eigenvalue weighted by atomic mass is 10.3. The summed E-state index contributed by atoms with van der Waals surface area (Å²) >= 11 is 12.8. The van der Waals surface area contributed by atoms with Crippen molar-refractivity contribution in [3.05, 3.63) is 26.5 Å². The largest absolute Gasteiger partial charge is 0.275 e. The van der Waals surface area contributed by atoms with Crippen LogP contribution in [0.5, 0.6) is 0 Å². The zero-order valence-electron chi connectivity index (χ0n) is 5.14. The number of nitrogens with zero attached hydrogens (tertiary/aromatic N) is 1. The Hall–Kier alpha value is 0.130. The molecule has 0 amide bonds. The Balaban J connectivity index is 3.32. The van der Waals surface area contributed by atoms with E-state index in [1.807, 2.05) is 22.6 Å². The van der Waals surface area contributed by atoms with E-state index < -0.39 is 5.24 Å². The summed E-state index contributed by atoms with van der Waals surface area (Å²) in [6.07, 6.45) is 1.52. The van der Waals surface area contributed by atoms with Crippen LogP contribution in [0.25, 0.3) is 0 Å². The Bertz CT molecular complexity index is 282. The standard InChI is InChI=1S/C6H2Cl2INO/c7-5-4(6(8)11)3(9)1-2-10-5/h1-2H. The number of hydrogen-bond donors (Lipinski definition) is 0. The Morgan fingerprint density at radius 1 is 1.64 bits per heavy atom. The summed E-state index contributed by atoms with van der Waals surface area (Å²) in [5.41, 5.74) is 0.274. The molecule has 0 aliphatic carbocycles. The third-order valence-electron chi connectivity index (χ3n) is 1.05. The highest BCUT2D eigenvalue weighted by Gasteiger charge is 2.11. The van der Waals surface area contributed by atoms with Crippen molar-refractivity contribution in [1.82, 2.24) is 4.98 Å². The lowest BCUT2D eigenvalue weighted by molar-refractivity contribution is 0.108. The van der Waals surface area contributed by atoms with Gasteiger partial charge in [0.15, 0.2) is 0 Å². The molecule has 2 nitrogen and oxygen atoms in total. The van der Waals surface area contributed by atoms with Gasteiger partial charge in [-0.15, -0.1) is 0 Å². The molecule has 0 bridgehead atoms. The second kappa shape index (κ2) is 3.69. The average molecular weight is 302 g/mol. The maximum atomic E-state index is 10.7. The Labute approximate surface area is 87.0 Å². The van der Waals surface area contributed by atoms with Crippen LogP contribution in [0.4, 0.5) is 0 Å². The number of halogens is 3. The molecule has 0 saturated heterocycles. The van der Waals surface area contributed by atoms with Crippen LogP contribution in [0, 0.1) is 3.57 Å². The maximum Gasteiger partial charge on any atom is 0.256 e. The van der Waals surface area contributed by atoms with E-state index in [2.05, 4.69) is 4.98 Å². The van der Waals surface area contributed by atoms with Crippen molar-refractivity contribution < 1.29 is 4.79 Å². The number of carbonyl (C=O) groups is 1. The molecule has 58 valence electrons. The Kier molecular flexibility index (Phi) is 3.09. The van der Waals surface area contributed by atoms with Gasteiger partial charge in [0.25, 0.3) is 5.24 Å². The highest BCUT2D eigenvalue weighted by molar-refractivity contribution is 14.1. The van der Waals surface area contributed by atoms with E-state index in [1.165, 1.54) is 6.20 Å². The van der Waals surface area contributed by atoms with Gasteiger partial charge >= 0.3 is 0 Å². The van der Waals surface area contributed by atoms with E-state index in [0.717, 1.165) is 0 Å². The van der Waals surface area contributed by atoms with Crippen LogP contribution in [0.1, 0.15) is 10.4 Å². The molecule has 0 atom stereocenters. The zero-order chi connectivity index (χ0) is 8.43. The third kappa shape index (κ3) is 2.04. The van der Waals surface area contributed by atoms with Crippen molar-refractivity contribution in [2.45, 2.75) is 0 Å². The highest BCUT2D eigenvalue weighted by Crippen LogP contribution is 2.20. The van der Waals surface area contributed by atoms with Crippen molar-refractivity contribution in [2.24, 2.45) is 0 Å². The van der Waals surface area contributed by atoms with Crippen molar-refractivity contribution in [1.29, 1.82) is 0 Å². The molecule has 1 heterocycles. The molecule has 0 N–H and O–H groups in total. The molecule has 1 aromatic rings. The van der Waals surface area contributed by atoms with Crippen LogP contribution in [0.15, 0.2) is 12.3 Å². The molecule has 0 spiro atoms. The van der Waals surface area contributed by atoms with Crippen LogP contribution in [0.3, 0.4) is 0 Å². The van der Waals surface area contributed by atoms with Gasteiger partial charge in [-0.25, -0.2) is 4.98 Å². The van der Waals surface area contributed by atoms with Crippen LogP contribution in [-0.4, -0.2) is 10.2 Å². The first-order valence-electron chi connectivity index (χ1n) is 2.62. The van der Waals surface area contributed by atoms with Gasteiger partial charge in [0, 0.05) is 9.77 Å². The summed E-state index contributed by atoms with van der Waals surface area (Å²) in [7, 11) is 0. The molecular formula is C6H2Cl2INO.